The molecule has 1 N–H and O–H groups in total. The van der Waals surface area contributed by atoms with Crippen LogP contribution >= 0.6 is 0 Å². The van der Waals surface area contributed by atoms with Crippen molar-refractivity contribution in [3.05, 3.63) is 41.7 Å². The highest BCUT2D eigenvalue weighted by Crippen LogP contribution is 2.45. The highest BCUT2D eigenvalue weighted by Gasteiger charge is 2.36. The van der Waals surface area contributed by atoms with E-state index in [9.17, 15) is 17.6 Å². The van der Waals surface area contributed by atoms with Crippen LogP contribution in [0.25, 0.3) is 10.8 Å². The number of hydrogen-bond acceptors (Lipinski definition) is 10. The number of nitrogens with zero attached hydrogens (tertiary/aromatic N) is 6. The normalized spacial score (nSPS) is 21.7. The van der Waals surface area contributed by atoms with Crippen molar-refractivity contribution in [1.82, 2.24) is 19.9 Å². The van der Waals surface area contributed by atoms with E-state index in [1.807, 2.05) is 22.1 Å². The molecule has 0 radical (unpaired) electrons. The molecule has 2 aromatic heterocycles. The molecule has 3 fully saturated rings. The van der Waals surface area contributed by atoms with E-state index in [1.165, 1.54) is 13.4 Å². The molecule has 3 aliphatic heterocycles. The van der Waals surface area contributed by atoms with Gasteiger partial charge in [-0.1, -0.05) is 19.8 Å². The zero-order chi connectivity index (χ0) is 34.2. The third-order valence-corrected chi connectivity index (χ3v) is 10.6. The van der Waals surface area contributed by atoms with Gasteiger partial charge in [-0.15, -0.1) is 0 Å². The van der Waals surface area contributed by atoms with Crippen LogP contribution in [0.5, 0.6) is 0 Å². The van der Waals surface area contributed by atoms with Gasteiger partial charge < -0.3 is 24.8 Å². The first-order chi connectivity index (χ1) is 23.0. The van der Waals surface area contributed by atoms with Gasteiger partial charge in [0, 0.05) is 68.9 Å². The number of nitrogens with one attached hydrogen (secondary N) is 1. The fraction of sp³-hybridized carbons (Fsp3) is 0.543. The SMILES string of the molecule is CC#CC(=O)N1CCC[C@H]1c1cc(N2CC(CS(C)(=O)=O)C2)c2cnc(Nc3ccnc(N4CC[C@@H](OC)[C@@H](F)C4)n3)cc2c1C(C)C. The van der Waals surface area contributed by atoms with Gasteiger partial charge in [0.05, 0.1) is 24.4 Å². The first-order valence-electron chi connectivity index (χ1n) is 16.6. The number of piperidine rings is 1. The molecule has 3 aromatic rings. The molecule has 256 valence electrons. The summed E-state index contributed by atoms with van der Waals surface area (Å²) in [5, 5.41) is 5.32. The van der Waals surface area contributed by atoms with Crippen LogP contribution in [0.1, 0.15) is 63.1 Å². The number of methoxy groups -OCH3 is 1. The standard InChI is InChI=1S/C35H44FN7O4S/c1-6-8-33(44)43-13-7-9-28(43)25-15-29(42-18-23(19-42)21-48(5,45)46)26-17-38-32(16-24(26)34(25)22(2)3)39-31-10-12-37-35(40-31)41-14-11-30(47-4)27(36)20-41/h10,12,15-17,22-23,27-28,30H,7,9,11,13-14,18-21H2,1-5H3,(H,37,38,39,40)/t27-,28-,30+/m0/s1. The van der Waals surface area contributed by atoms with E-state index in [4.69, 9.17) is 9.72 Å². The summed E-state index contributed by atoms with van der Waals surface area (Å²) in [4.78, 5) is 32.9. The van der Waals surface area contributed by atoms with Crippen molar-refractivity contribution in [3.8, 4) is 11.8 Å². The van der Waals surface area contributed by atoms with Gasteiger partial charge in [0.2, 0.25) is 5.95 Å². The molecule has 0 bridgehead atoms. The largest absolute Gasteiger partial charge is 0.378 e. The van der Waals surface area contributed by atoms with E-state index in [0.29, 0.717) is 50.2 Å². The van der Waals surface area contributed by atoms with Crippen LogP contribution in [0.15, 0.2) is 30.6 Å². The van der Waals surface area contributed by atoms with Gasteiger partial charge in [-0.25, -0.2) is 22.8 Å². The van der Waals surface area contributed by atoms with E-state index < -0.39 is 22.1 Å². The summed E-state index contributed by atoms with van der Waals surface area (Å²) in [6, 6.07) is 5.86. The number of carbonyl (C=O) groups excluding carboxylic acids is 1. The molecule has 5 heterocycles. The van der Waals surface area contributed by atoms with Crippen LogP contribution < -0.4 is 15.1 Å². The number of pyridine rings is 1. The van der Waals surface area contributed by atoms with Crippen LogP contribution in [0.3, 0.4) is 0 Å². The third kappa shape index (κ3) is 7.05. The van der Waals surface area contributed by atoms with E-state index in [2.05, 4.69) is 51.9 Å². The molecular weight excluding hydrogens is 633 g/mol. The molecule has 1 amide bonds. The zero-order valence-corrected chi connectivity index (χ0v) is 29.1. The monoisotopic (exact) mass is 677 g/mol. The third-order valence-electron chi connectivity index (χ3n) is 9.56. The number of carbonyl (C=O) groups is 1. The quantitative estimate of drug-likeness (QED) is 0.321. The maximum absolute atomic E-state index is 14.6. The first-order valence-corrected chi connectivity index (χ1v) is 18.7. The lowest BCUT2D eigenvalue weighted by atomic mass is 9.85. The summed E-state index contributed by atoms with van der Waals surface area (Å²) in [6.45, 7) is 8.64. The van der Waals surface area contributed by atoms with Gasteiger partial charge in [0.15, 0.2) is 0 Å². The minimum absolute atomic E-state index is 0.0569. The highest BCUT2D eigenvalue weighted by atomic mass is 32.2. The van der Waals surface area contributed by atoms with Crippen molar-refractivity contribution in [2.45, 2.75) is 64.3 Å². The Kier molecular flexibility index (Phi) is 9.76. The second-order valence-electron chi connectivity index (χ2n) is 13.5. The van der Waals surface area contributed by atoms with Gasteiger partial charge in [-0.3, -0.25) is 4.79 Å². The number of amides is 1. The Morgan fingerprint density at radius 2 is 1.90 bits per heavy atom. The van der Waals surface area contributed by atoms with E-state index in [-0.39, 0.29) is 36.1 Å². The number of ether oxygens (including phenoxy) is 1. The number of rotatable bonds is 9. The van der Waals surface area contributed by atoms with Crippen LogP contribution in [-0.4, -0.2) is 98.3 Å². The van der Waals surface area contributed by atoms with Crippen molar-refractivity contribution >= 4 is 49.8 Å². The van der Waals surface area contributed by atoms with E-state index in [1.54, 1.807) is 19.2 Å². The number of sulfone groups is 1. The maximum Gasteiger partial charge on any atom is 0.298 e. The summed E-state index contributed by atoms with van der Waals surface area (Å²) in [6.07, 6.45) is 5.51. The van der Waals surface area contributed by atoms with Crippen LogP contribution in [0.4, 0.5) is 27.7 Å². The smallest absolute Gasteiger partial charge is 0.298 e. The molecule has 3 saturated heterocycles. The average molecular weight is 678 g/mol. The molecule has 11 nitrogen and oxygen atoms in total. The van der Waals surface area contributed by atoms with Gasteiger partial charge in [0.1, 0.15) is 27.6 Å². The molecule has 0 saturated carbocycles. The van der Waals surface area contributed by atoms with Crippen LogP contribution in [-0.2, 0) is 19.4 Å². The number of anilines is 4. The first kappa shape index (κ1) is 33.9. The predicted molar refractivity (Wildman–Crippen MR) is 186 cm³/mol. The Labute approximate surface area is 282 Å². The van der Waals surface area contributed by atoms with Crippen molar-refractivity contribution in [3.63, 3.8) is 0 Å². The summed E-state index contributed by atoms with van der Waals surface area (Å²) in [5.41, 5.74) is 3.21. The predicted octanol–water partition coefficient (Wildman–Crippen LogP) is 4.62. The van der Waals surface area contributed by atoms with Crippen molar-refractivity contribution in [2.24, 2.45) is 5.92 Å². The minimum atomic E-state index is -3.09. The Bertz CT molecular complexity index is 1850. The molecule has 3 atom stereocenters. The molecule has 3 aliphatic rings. The van der Waals surface area contributed by atoms with Crippen LogP contribution in [0.2, 0.25) is 0 Å². The number of aromatic nitrogens is 3. The minimum Gasteiger partial charge on any atom is -0.378 e. The average Bonchev–Trinajstić information content (AvgIpc) is 3.52. The van der Waals surface area contributed by atoms with Crippen molar-refractivity contribution < 1.29 is 22.3 Å². The Balaban J connectivity index is 1.38. The summed E-state index contributed by atoms with van der Waals surface area (Å²) < 4.78 is 43.9. The summed E-state index contributed by atoms with van der Waals surface area (Å²) in [7, 11) is -1.56. The second kappa shape index (κ2) is 13.8. The number of hydrogen-bond donors (Lipinski definition) is 1. The number of alkyl halides is 1. The lowest BCUT2D eigenvalue weighted by Gasteiger charge is -2.42. The maximum atomic E-state index is 14.6. The topological polar surface area (TPSA) is 121 Å². The number of benzene rings is 1. The Morgan fingerprint density at radius 3 is 2.58 bits per heavy atom. The lowest BCUT2D eigenvalue weighted by molar-refractivity contribution is -0.126. The molecule has 13 heteroatoms. The van der Waals surface area contributed by atoms with E-state index >= 15 is 0 Å². The summed E-state index contributed by atoms with van der Waals surface area (Å²) >= 11 is 0. The molecule has 48 heavy (non-hydrogen) atoms. The lowest BCUT2D eigenvalue weighted by Crippen LogP contribution is -2.49. The van der Waals surface area contributed by atoms with Gasteiger partial charge >= 0.3 is 0 Å². The molecule has 0 aliphatic carbocycles. The number of fused-ring (bicyclic) bond motifs is 1. The fourth-order valence-corrected chi connectivity index (χ4v) is 8.50. The molecule has 0 spiro atoms. The van der Waals surface area contributed by atoms with Gasteiger partial charge in [0.25, 0.3) is 5.91 Å². The van der Waals surface area contributed by atoms with Crippen molar-refractivity contribution in [2.75, 3.05) is 67.0 Å². The summed E-state index contributed by atoms with van der Waals surface area (Å²) in [5.74, 6) is 7.24. The van der Waals surface area contributed by atoms with Crippen molar-refractivity contribution in [1.29, 1.82) is 0 Å². The van der Waals surface area contributed by atoms with Crippen LogP contribution in [0, 0.1) is 17.8 Å². The molecular formula is C35H44FN7O4S. The molecule has 0 unspecified atom stereocenters. The van der Waals surface area contributed by atoms with Gasteiger partial charge in [-0.05, 0) is 72.7 Å². The fourth-order valence-electron chi connectivity index (χ4n) is 7.43. The molecule has 1 aromatic carbocycles. The van der Waals surface area contributed by atoms with Gasteiger partial charge in [-0.2, -0.15) is 4.98 Å². The Hall–Kier alpha value is -4.02. The molecule has 6 rings (SSSR count). The number of halogens is 1. The zero-order valence-electron chi connectivity index (χ0n) is 28.2. The highest BCUT2D eigenvalue weighted by molar-refractivity contribution is 7.90. The second-order valence-corrected chi connectivity index (χ2v) is 15.6. The van der Waals surface area contributed by atoms with E-state index in [0.717, 1.165) is 40.4 Å². The Morgan fingerprint density at radius 1 is 1.10 bits per heavy atom. The number of likely N-dealkylation sites (tertiary alicyclic amines) is 1.